The average molecular weight is 498 g/mol. The molecule has 0 aromatic rings. The number of carbonyl (C=O) groups is 4. The lowest BCUT2D eigenvalue weighted by Gasteiger charge is -2.30. The molecule has 202 valence electrons. The number of nitrogens with two attached hydrogens (primary N) is 1. The number of hydrogen-bond donors (Lipinski definition) is 5. The molecule has 0 spiro atoms. The molecule has 0 aromatic carbocycles. The Balaban J connectivity index is 2.88. The van der Waals surface area contributed by atoms with Crippen molar-refractivity contribution in [2.24, 2.45) is 17.6 Å². The number of Topliss-reactive ketones (excluding diaryl/α,β-unsaturated/α-hetero) is 1. The number of rotatable bonds is 19. The molecule has 10 nitrogen and oxygen atoms in total. The van der Waals surface area contributed by atoms with Gasteiger partial charge in [-0.1, -0.05) is 34.1 Å². The summed E-state index contributed by atoms with van der Waals surface area (Å²) in [5.74, 6) is -2.24. The van der Waals surface area contributed by atoms with E-state index in [9.17, 15) is 24.4 Å². The topological polar surface area (TPSA) is 154 Å². The Labute approximate surface area is 210 Å². The third-order valence-corrected chi connectivity index (χ3v) is 6.59. The van der Waals surface area contributed by atoms with Gasteiger partial charge in [-0.15, -0.1) is 0 Å². The summed E-state index contributed by atoms with van der Waals surface area (Å²) in [6.07, 6.45) is 6.24. The maximum absolute atomic E-state index is 13.2. The van der Waals surface area contributed by atoms with E-state index < -0.39 is 35.8 Å². The number of amides is 3. The highest BCUT2D eigenvalue weighted by molar-refractivity contribution is 5.96. The first-order valence-electron chi connectivity index (χ1n) is 13.2. The monoisotopic (exact) mass is 497 g/mol. The molecule has 1 aliphatic rings. The van der Waals surface area contributed by atoms with Gasteiger partial charge in [-0.3, -0.25) is 19.2 Å². The van der Waals surface area contributed by atoms with Gasteiger partial charge in [0.25, 0.3) is 0 Å². The molecule has 1 unspecified atom stereocenters. The molecule has 0 heterocycles. The van der Waals surface area contributed by atoms with Crippen LogP contribution in [0, 0.1) is 11.8 Å². The highest BCUT2D eigenvalue weighted by Gasteiger charge is 2.35. The van der Waals surface area contributed by atoms with Gasteiger partial charge in [0.15, 0.2) is 5.78 Å². The van der Waals surface area contributed by atoms with Crippen LogP contribution in [0.5, 0.6) is 0 Å². The molecule has 0 saturated heterocycles. The van der Waals surface area contributed by atoms with E-state index in [1.165, 1.54) is 0 Å². The van der Waals surface area contributed by atoms with Crippen molar-refractivity contribution in [1.29, 1.82) is 0 Å². The van der Waals surface area contributed by atoms with Gasteiger partial charge in [0.1, 0.15) is 12.1 Å². The largest absolute Gasteiger partial charge is 0.370 e. The second-order valence-electron chi connectivity index (χ2n) is 10.0. The zero-order chi connectivity index (χ0) is 26.4. The Morgan fingerprint density at radius 2 is 1.54 bits per heavy atom. The lowest BCUT2D eigenvalue weighted by molar-refractivity contribution is -0.136. The highest BCUT2D eigenvalue weighted by atomic mass is 16.5. The Bertz CT molecular complexity index is 677. The van der Waals surface area contributed by atoms with Crippen LogP contribution >= 0.6 is 0 Å². The Morgan fingerprint density at radius 3 is 2.00 bits per heavy atom. The number of nitrogens with zero attached hydrogens (tertiary/aromatic N) is 1. The number of carbonyl (C=O) groups excluding carboxylic acids is 4. The standard InChI is InChI=1S/C25H47N5O5/c1-5-13-30(14-6-2)15-8-7-12-19(27-25(34)22(29-35)17(3)4)24(33)28-20(16-21(26)31)23(32)18-10-9-11-18/h17-20,22,29,35H,5-16H2,1-4H3,(H2,26,31)(H,27,34)(H,28,33)/t19-,20?,22-/m0/s1. The molecule has 1 saturated carbocycles. The number of hydroxylamine groups is 1. The van der Waals surface area contributed by atoms with E-state index in [1.54, 1.807) is 13.8 Å². The number of primary amides is 1. The van der Waals surface area contributed by atoms with Crippen molar-refractivity contribution >= 4 is 23.5 Å². The zero-order valence-corrected chi connectivity index (χ0v) is 22.0. The second kappa shape index (κ2) is 16.6. The molecular formula is C25H47N5O5. The smallest absolute Gasteiger partial charge is 0.243 e. The van der Waals surface area contributed by atoms with Crippen molar-refractivity contribution in [2.45, 2.75) is 104 Å². The molecule has 3 amide bonds. The van der Waals surface area contributed by atoms with Gasteiger partial charge < -0.3 is 26.5 Å². The number of hydrogen-bond acceptors (Lipinski definition) is 7. The van der Waals surface area contributed by atoms with Crippen LogP contribution < -0.4 is 21.8 Å². The van der Waals surface area contributed by atoms with Crippen molar-refractivity contribution in [2.75, 3.05) is 19.6 Å². The van der Waals surface area contributed by atoms with Gasteiger partial charge in [-0.05, 0) is 70.5 Å². The van der Waals surface area contributed by atoms with E-state index in [1.807, 2.05) is 5.48 Å². The van der Waals surface area contributed by atoms with Crippen LogP contribution in [-0.4, -0.2) is 71.4 Å². The van der Waals surface area contributed by atoms with Crippen LogP contribution in [0.25, 0.3) is 0 Å². The fourth-order valence-electron chi connectivity index (χ4n) is 4.37. The molecule has 0 aliphatic heterocycles. The summed E-state index contributed by atoms with van der Waals surface area (Å²) in [5, 5.41) is 14.8. The van der Waals surface area contributed by atoms with Crippen LogP contribution in [0.3, 0.4) is 0 Å². The van der Waals surface area contributed by atoms with E-state index in [0.717, 1.165) is 58.2 Å². The highest BCUT2D eigenvalue weighted by Crippen LogP contribution is 2.28. The first-order chi connectivity index (χ1) is 16.6. The second-order valence-corrected chi connectivity index (χ2v) is 10.0. The normalized spacial score (nSPS) is 16.4. The number of ketones is 1. The molecule has 35 heavy (non-hydrogen) atoms. The van der Waals surface area contributed by atoms with Gasteiger partial charge in [0.05, 0.1) is 12.5 Å². The lowest BCUT2D eigenvalue weighted by Crippen LogP contribution is -2.56. The molecular weight excluding hydrogens is 450 g/mol. The van der Waals surface area contributed by atoms with Crippen LogP contribution in [0.15, 0.2) is 0 Å². The van der Waals surface area contributed by atoms with Gasteiger partial charge in [0.2, 0.25) is 17.7 Å². The fourth-order valence-corrected chi connectivity index (χ4v) is 4.37. The van der Waals surface area contributed by atoms with Crippen molar-refractivity contribution in [3.8, 4) is 0 Å². The van der Waals surface area contributed by atoms with Crippen LogP contribution in [0.1, 0.15) is 85.5 Å². The van der Waals surface area contributed by atoms with Crippen molar-refractivity contribution in [3.63, 3.8) is 0 Å². The third-order valence-electron chi connectivity index (χ3n) is 6.59. The minimum Gasteiger partial charge on any atom is -0.370 e. The van der Waals surface area contributed by atoms with E-state index in [-0.39, 0.29) is 24.0 Å². The quantitative estimate of drug-likeness (QED) is 0.134. The Kier molecular flexibility index (Phi) is 14.7. The summed E-state index contributed by atoms with van der Waals surface area (Å²) in [5.41, 5.74) is 7.34. The van der Waals surface area contributed by atoms with E-state index >= 15 is 0 Å². The molecule has 0 aromatic heterocycles. The van der Waals surface area contributed by atoms with Crippen LogP contribution in [0.2, 0.25) is 0 Å². The molecule has 6 N–H and O–H groups in total. The van der Waals surface area contributed by atoms with Crippen molar-refractivity contribution < 1.29 is 24.4 Å². The van der Waals surface area contributed by atoms with Crippen LogP contribution in [-0.2, 0) is 19.2 Å². The first kappa shape index (κ1) is 31.0. The van der Waals surface area contributed by atoms with Crippen molar-refractivity contribution in [3.05, 3.63) is 0 Å². The first-order valence-corrected chi connectivity index (χ1v) is 13.2. The van der Waals surface area contributed by atoms with E-state index in [4.69, 9.17) is 5.73 Å². The predicted molar refractivity (Wildman–Crippen MR) is 134 cm³/mol. The summed E-state index contributed by atoms with van der Waals surface area (Å²) in [6.45, 7) is 10.8. The summed E-state index contributed by atoms with van der Waals surface area (Å²) in [4.78, 5) is 52.7. The minimum absolute atomic E-state index is 0.167. The summed E-state index contributed by atoms with van der Waals surface area (Å²) in [7, 11) is 0. The van der Waals surface area contributed by atoms with E-state index in [0.29, 0.717) is 12.8 Å². The van der Waals surface area contributed by atoms with E-state index in [2.05, 4.69) is 29.4 Å². The third kappa shape index (κ3) is 11.0. The molecule has 3 atom stereocenters. The van der Waals surface area contributed by atoms with Gasteiger partial charge in [-0.2, -0.15) is 5.48 Å². The predicted octanol–water partition coefficient (Wildman–Crippen LogP) is 1.50. The fraction of sp³-hybridized carbons (Fsp3) is 0.840. The molecule has 10 heteroatoms. The minimum atomic E-state index is -0.994. The number of nitrogens with one attached hydrogen (secondary N) is 3. The van der Waals surface area contributed by atoms with Gasteiger partial charge >= 0.3 is 0 Å². The molecule has 1 aliphatic carbocycles. The Morgan fingerprint density at radius 1 is 0.943 bits per heavy atom. The van der Waals surface area contributed by atoms with Crippen LogP contribution in [0.4, 0.5) is 0 Å². The average Bonchev–Trinajstić information content (AvgIpc) is 2.74. The Hall–Kier alpha value is -2.04. The molecule has 1 fully saturated rings. The molecule has 1 rings (SSSR count). The zero-order valence-electron chi connectivity index (χ0n) is 22.0. The molecule has 0 bridgehead atoms. The summed E-state index contributed by atoms with van der Waals surface area (Å²) in [6, 6.07) is -2.77. The SMILES string of the molecule is CCCN(CCC)CCCC[C@H](NC(=O)[C@@H](NO)C(C)C)C(=O)NC(CC(N)=O)C(=O)C1CCC1. The summed E-state index contributed by atoms with van der Waals surface area (Å²) >= 11 is 0. The maximum Gasteiger partial charge on any atom is 0.243 e. The van der Waals surface area contributed by atoms with Gasteiger partial charge in [0, 0.05) is 5.92 Å². The maximum atomic E-state index is 13.2. The summed E-state index contributed by atoms with van der Waals surface area (Å²) < 4.78 is 0. The lowest BCUT2D eigenvalue weighted by atomic mass is 9.79. The molecule has 0 radical (unpaired) electrons. The van der Waals surface area contributed by atoms with Gasteiger partial charge in [-0.25, -0.2) is 0 Å². The number of unbranched alkanes of at least 4 members (excludes halogenated alkanes) is 1. The van der Waals surface area contributed by atoms with Crippen molar-refractivity contribution in [1.82, 2.24) is 21.0 Å².